The van der Waals surface area contributed by atoms with Gasteiger partial charge in [-0.05, 0) is 31.5 Å². The summed E-state index contributed by atoms with van der Waals surface area (Å²) < 4.78 is 37.7. The van der Waals surface area contributed by atoms with E-state index in [9.17, 15) is 18.0 Å². The second-order valence-corrected chi connectivity index (χ2v) is 5.42. The van der Waals surface area contributed by atoms with Gasteiger partial charge in [0.1, 0.15) is 6.54 Å². The summed E-state index contributed by atoms with van der Waals surface area (Å²) in [5, 5.41) is 0. The monoisotopic (exact) mass is 315 g/mol. The number of hydrogen-bond acceptors (Lipinski definition) is 3. The van der Waals surface area contributed by atoms with E-state index in [0.29, 0.717) is 25.9 Å². The third-order valence-corrected chi connectivity index (χ3v) is 3.81. The molecule has 22 heavy (non-hydrogen) atoms. The standard InChI is InChI=1S/C15H20F3N3O/c1-2-20(10-12-6-3-4-8-19-12)13-7-5-9-21(14(13)22)11-15(16,17)18/h3-4,6,8,13H,2,5,7,9-11H2,1H3/t13-/m1/s1. The number of carbonyl (C=O) groups excluding carboxylic acids is 1. The number of alkyl halides is 3. The van der Waals surface area contributed by atoms with Crippen molar-refractivity contribution in [3.05, 3.63) is 30.1 Å². The van der Waals surface area contributed by atoms with Crippen LogP contribution in [0.1, 0.15) is 25.5 Å². The molecule has 0 aromatic carbocycles. The number of likely N-dealkylation sites (N-methyl/N-ethyl adjacent to an activating group) is 1. The molecule has 1 aliphatic heterocycles. The number of carbonyl (C=O) groups is 1. The molecule has 1 aliphatic rings. The highest BCUT2D eigenvalue weighted by atomic mass is 19.4. The van der Waals surface area contributed by atoms with Crippen molar-refractivity contribution in [2.75, 3.05) is 19.6 Å². The van der Waals surface area contributed by atoms with Gasteiger partial charge in [-0.25, -0.2) is 0 Å². The van der Waals surface area contributed by atoms with Gasteiger partial charge in [0, 0.05) is 19.3 Å². The van der Waals surface area contributed by atoms with Crippen LogP contribution < -0.4 is 0 Å². The van der Waals surface area contributed by atoms with Gasteiger partial charge in [0.05, 0.1) is 11.7 Å². The van der Waals surface area contributed by atoms with E-state index in [1.54, 1.807) is 12.3 Å². The maximum Gasteiger partial charge on any atom is 0.406 e. The van der Waals surface area contributed by atoms with Gasteiger partial charge in [0.2, 0.25) is 5.91 Å². The maximum absolute atomic E-state index is 12.6. The lowest BCUT2D eigenvalue weighted by molar-refractivity contribution is -0.167. The number of amides is 1. The molecule has 1 fully saturated rings. The molecule has 0 N–H and O–H groups in total. The van der Waals surface area contributed by atoms with Gasteiger partial charge in [-0.15, -0.1) is 0 Å². The Hall–Kier alpha value is -1.63. The zero-order valence-corrected chi connectivity index (χ0v) is 12.5. The molecule has 0 saturated carbocycles. The van der Waals surface area contributed by atoms with E-state index in [4.69, 9.17) is 0 Å². The van der Waals surface area contributed by atoms with Crippen molar-refractivity contribution in [2.24, 2.45) is 0 Å². The molecule has 7 heteroatoms. The number of aromatic nitrogens is 1. The van der Waals surface area contributed by atoms with Crippen molar-refractivity contribution in [1.82, 2.24) is 14.8 Å². The van der Waals surface area contributed by atoms with Crippen molar-refractivity contribution < 1.29 is 18.0 Å². The summed E-state index contributed by atoms with van der Waals surface area (Å²) in [6, 6.07) is 5.01. The summed E-state index contributed by atoms with van der Waals surface area (Å²) in [5.74, 6) is -0.429. The SMILES string of the molecule is CCN(Cc1ccccn1)[C@@H]1CCCN(CC(F)(F)F)C1=O. The Morgan fingerprint density at radius 2 is 2.18 bits per heavy atom. The first-order chi connectivity index (χ1) is 10.4. The third kappa shape index (κ3) is 4.43. The van der Waals surface area contributed by atoms with Gasteiger partial charge in [0.15, 0.2) is 0 Å². The average molecular weight is 315 g/mol. The average Bonchev–Trinajstić information content (AvgIpc) is 2.47. The van der Waals surface area contributed by atoms with Crippen molar-refractivity contribution in [2.45, 2.75) is 38.5 Å². The number of pyridine rings is 1. The van der Waals surface area contributed by atoms with Gasteiger partial charge in [0.25, 0.3) is 0 Å². The van der Waals surface area contributed by atoms with Crippen LogP contribution in [0.25, 0.3) is 0 Å². The number of nitrogens with zero attached hydrogens (tertiary/aromatic N) is 3. The fraction of sp³-hybridized carbons (Fsp3) is 0.600. The highest BCUT2D eigenvalue weighted by molar-refractivity contribution is 5.82. The molecular weight excluding hydrogens is 295 g/mol. The van der Waals surface area contributed by atoms with Crippen LogP contribution in [0.15, 0.2) is 24.4 Å². The van der Waals surface area contributed by atoms with Gasteiger partial charge in [-0.3, -0.25) is 14.7 Å². The van der Waals surface area contributed by atoms with Crippen LogP contribution in [0.5, 0.6) is 0 Å². The summed E-state index contributed by atoms with van der Waals surface area (Å²) in [7, 11) is 0. The van der Waals surface area contributed by atoms with E-state index in [1.807, 2.05) is 24.0 Å². The van der Waals surface area contributed by atoms with Gasteiger partial charge in [-0.2, -0.15) is 13.2 Å². The number of piperidine rings is 1. The molecule has 2 heterocycles. The quantitative estimate of drug-likeness (QED) is 0.837. The van der Waals surface area contributed by atoms with E-state index >= 15 is 0 Å². The molecule has 0 spiro atoms. The first-order valence-corrected chi connectivity index (χ1v) is 7.40. The lowest BCUT2D eigenvalue weighted by Crippen LogP contribution is -2.54. The van der Waals surface area contributed by atoms with Crippen LogP contribution >= 0.6 is 0 Å². The first kappa shape index (κ1) is 16.7. The lowest BCUT2D eigenvalue weighted by Gasteiger charge is -2.38. The molecule has 1 saturated heterocycles. The third-order valence-electron chi connectivity index (χ3n) is 3.81. The fourth-order valence-electron chi connectivity index (χ4n) is 2.77. The largest absolute Gasteiger partial charge is 0.406 e. The predicted molar refractivity (Wildman–Crippen MR) is 76.0 cm³/mol. The van der Waals surface area contributed by atoms with E-state index < -0.39 is 24.7 Å². The minimum atomic E-state index is -4.35. The van der Waals surface area contributed by atoms with Gasteiger partial charge < -0.3 is 4.90 Å². The van der Waals surface area contributed by atoms with E-state index in [2.05, 4.69) is 4.98 Å². The molecule has 0 unspecified atom stereocenters. The van der Waals surface area contributed by atoms with Crippen LogP contribution in [0.4, 0.5) is 13.2 Å². The number of likely N-dealkylation sites (tertiary alicyclic amines) is 1. The highest BCUT2D eigenvalue weighted by Crippen LogP contribution is 2.23. The molecule has 1 aromatic heterocycles. The van der Waals surface area contributed by atoms with Crippen molar-refractivity contribution in [1.29, 1.82) is 0 Å². The Balaban J connectivity index is 2.06. The number of hydrogen-bond donors (Lipinski definition) is 0. The minimum Gasteiger partial charge on any atom is -0.332 e. The molecule has 2 rings (SSSR count). The lowest BCUT2D eigenvalue weighted by atomic mass is 10.0. The maximum atomic E-state index is 12.6. The van der Waals surface area contributed by atoms with Crippen LogP contribution in [-0.2, 0) is 11.3 Å². The summed E-state index contributed by atoms with van der Waals surface area (Å²) in [6.45, 7) is 1.97. The summed E-state index contributed by atoms with van der Waals surface area (Å²) in [6.07, 6.45) is -1.50. The molecule has 1 atom stereocenters. The molecule has 1 amide bonds. The smallest absolute Gasteiger partial charge is 0.332 e. The predicted octanol–water partition coefficient (Wildman–Crippen LogP) is 2.46. The Morgan fingerprint density at radius 3 is 2.77 bits per heavy atom. The second-order valence-electron chi connectivity index (χ2n) is 5.42. The molecule has 122 valence electrons. The number of rotatable bonds is 5. The Kier molecular flexibility index (Phi) is 5.39. The van der Waals surface area contributed by atoms with Gasteiger partial charge >= 0.3 is 6.18 Å². The molecule has 0 bridgehead atoms. The summed E-state index contributed by atoms with van der Waals surface area (Å²) in [4.78, 5) is 19.4. The van der Waals surface area contributed by atoms with E-state index in [0.717, 1.165) is 10.6 Å². The zero-order valence-electron chi connectivity index (χ0n) is 12.5. The van der Waals surface area contributed by atoms with Crippen LogP contribution in [0, 0.1) is 0 Å². The molecule has 1 aromatic rings. The highest BCUT2D eigenvalue weighted by Gasteiger charge is 2.39. The summed E-state index contributed by atoms with van der Waals surface area (Å²) >= 11 is 0. The van der Waals surface area contributed by atoms with Crippen LogP contribution in [0.3, 0.4) is 0 Å². The van der Waals surface area contributed by atoms with E-state index in [1.165, 1.54) is 0 Å². The topological polar surface area (TPSA) is 36.4 Å². The number of halogens is 3. The zero-order chi connectivity index (χ0) is 16.2. The van der Waals surface area contributed by atoms with Crippen LogP contribution in [-0.4, -0.2) is 52.5 Å². The molecule has 4 nitrogen and oxygen atoms in total. The molecular formula is C15H20F3N3O. The van der Waals surface area contributed by atoms with Gasteiger partial charge in [-0.1, -0.05) is 13.0 Å². The molecule has 0 radical (unpaired) electrons. The summed E-state index contributed by atoms with van der Waals surface area (Å²) in [5.41, 5.74) is 0.810. The fourth-order valence-corrected chi connectivity index (χ4v) is 2.77. The van der Waals surface area contributed by atoms with Crippen molar-refractivity contribution >= 4 is 5.91 Å². The Labute approximate surface area is 127 Å². The van der Waals surface area contributed by atoms with E-state index in [-0.39, 0.29) is 6.54 Å². The second kappa shape index (κ2) is 7.09. The first-order valence-electron chi connectivity index (χ1n) is 7.40. The Morgan fingerprint density at radius 1 is 1.41 bits per heavy atom. The normalized spacial score (nSPS) is 19.8. The van der Waals surface area contributed by atoms with Crippen molar-refractivity contribution in [3.8, 4) is 0 Å². The minimum absolute atomic E-state index is 0.177. The van der Waals surface area contributed by atoms with Crippen LogP contribution in [0.2, 0.25) is 0 Å². The Bertz CT molecular complexity index is 493. The molecule has 0 aliphatic carbocycles. The van der Waals surface area contributed by atoms with Crippen molar-refractivity contribution in [3.63, 3.8) is 0 Å².